The summed E-state index contributed by atoms with van der Waals surface area (Å²) in [6.45, 7) is 0. The number of nitrogens with one attached hydrogen (secondary N) is 1. The van der Waals surface area contributed by atoms with Crippen molar-refractivity contribution in [2.75, 3.05) is 0 Å². The fraction of sp³-hybridized carbons (Fsp3) is 0.143. The van der Waals surface area contributed by atoms with Crippen LogP contribution in [0.15, 0.2) is 40.9 Å². The summed E-state index contributed by atoms with van der Waals surface area (Å²) in [5.74, 6) is 5.66. The molecule has 106 valence electrons. The average Bonchev–Trinajstić information content (AvgIpc) is 2.42. The molecule has 0 bridgehead atoms. The molecule has 1 atom stereocenters. The zero-order chi connectivity index (χ0) is 14.7. The highest BCUT2D eigenvalue weighted by Crippen LogP contribution is 2.33. The molecule has 0 aliphatic rings. The van der Waals surface area contributed by atoms with E-state index in [1.807, 2.05) is 24.3 Å². The minimum atomic E-state index is -0.140. The maximum absolute atomic E-state index is 6.30. The van der Waals surface area contributed by atoms with Gasteiger partial charge in [-0.1, -0.05) is 53.0 Å². The molecule has 0 fully saturated rings. The van der Waals surface area contributed by atoms with E-state index < -0.39 is 0 Å². The number of hydrogen-bond acceptors (Lipinski definition) is 2. The van der Waals surface area contributed by atoms with Gasteiger partial charge in [-0.25, -0.2) is 0 Å². The molecule has 0 spiro atoms. The molecule has 20 heavy (non-hydrogen) atoms. The van der Waals surface area contributed by atoms with Crippen LogP contribution in [0.1, 0.15) is 17.2 Å². The number of hydrogen-bond donors (Lipinski definition) is 2. The minimum Gasteiger partial charge on any atom is -0.271 e. The van der Waals surface area contributed by atoms with E-state index >= 15 is 0 Å². The van der Waals surface area contributed by atoms with Crippen molar-refractivity contribution in [3.05, 3.63) is 67.1 Å². The zero-order valence-corrected chi connectivity index (χ0v) is 14.2. The van der Waals surface area contributed by atoms with Crippen LogP contribution in [0.5, 0.6) is 0 Å². The largest absolute Gasteiger partial charge is 0.271 e. The summed E-state index contributed by atoms with van der Waals surface area (Å²) < 4.78 is 0.833. The van der Waals surface area contributed by atoms with Crippen LogP contribution in [0, 0.1) is 0 Å². The van der Waals surface area contributed by atoms with Crippen LogP contribution in [0.2, 0.25) is 15.1 Å². The van der Waals surface area contributed by atoms with Gasteiger partial charge >= 0.3 is 0 Å². The third-order valence-corrected chi connectivity index (χ3v) is 4.90. The van der Waals surface area contributed by atoms with E-state index in [0.29, 0.717) is 21.5 Å². The van der Waals surface area contributed by atoms with Crippen LogP contribution < -0.4 is 11.3 Å². The molecular formula is C14H12BrCl3N2. The molecule has 2 aromatic rings. The van der Waals surface area contributed by atoms with Crippen molar-refractivity contribution >= 4 is 50.7 Å². The van der Waals surface area contributed by atoms with E-state index in [-0.39, 0.29) is 6.04 Å². The second-order valence-corrected chi connectivity index (χ2v) is 6.38. The summed E-state index contributed by atoms with van der Waals surface area (Å²) in [7, 11) is 0. The Kier molecular flexibility index (Phi) is 5.73. The van der Waals surface area contributed by atoms with Gasteiger partial charge in [0.15, 0.2) is 0 Å². The van der Waals surface area contributed by atoms with E-state index in [4.69, 9.17) is 40.6 Å². The van der Waals surface area contributed by atoms with Crippen molar-refractivity contribution < 1.29 is 0 Å². The third-order valence-electron chi connectivity index (χ3n) is 3.00. The molecule has 0 aromatic heterocycles. The van der Waals surface area contributed by atoms with Gasteiger partial charge in [0.05, 0.1) is 11.1 Å². The van der Waals surface area contributed by atoms with Gasteiger partial charge in [0, 0.05) is 14.5 Å². The Balaban J connectivity index is 2.31. The molecular weight excluding hydrogens is 382 g/mol. The van der Waals surface area contributed by atoms with Crippen LogP contribution in [0.4, 0.5) is 0 Å². The third kappa shape index (κ3) is 3.67. The summed E-state index contributed by atoms with van der Waals surface area (Å²) in [5.41, 5.74) is 4.65. The summed E-state index contributed by atoms with van der Waals surface area (Å²) in [6.07, 6.45) is 0.614. The van der Waals surface area contributed by atoms with Crippen LogP contribution in [0.25, 0.3) is 0 Å². The van der Waals surface area contributed by atoms with Gasteiger partial charge in [0.1, 0.15) is 0 Å². The lowest BCUT2D eigenvalue weighted by Gasteiger charge is -2.19. The Hall–Kier alpha value is -0.290. The number of rotatable bonds is 4. The van der Waals surface area contributed by atoms with Gasteiger partial charge in [0.2, 0.25) is 0 Å². The Labute approximate surface area is 141 Å². The SMILES string of the molecule is NNC(Cc1ccc(Cl)cc1Cl)c1cccc(Br)c1Cl. The van der Waals surface area contributed by atoms with Crippen molar-refractivity contribution in [3.63, 3.8) is 0 Å². The number of halogens is 4. The second kappa shape index (κ2) is 7.12. The molecule has 0 radical (unpaired) electrons. The first-order valence-corrected chi connectivity index (χ1v) is 7.79. The van der Waals surface area contributed by atoms with Crippen LogP contribution >= 0.6 is 50.7 Å². The van der Waals surface area contributed by atoms with Gasteiger partial charge in [0.25, 0.3) is 0 Å². The van der Waals surface area contributed by atoms with Crippen molar-refractivity contribution in [2.45, 2.75) is 12.5 Å². The minimum absolute atomic E-state index is 0.140. The first-order valence-electron chi connectivity index (χ1n) is 5.87. The summed E-state index contributed by atoms with van der Waals surface area (Å²) in [6, 6.07) is 11.0. The molecule has 0 amide bonds. The van der Waals surface area contributed by atoms with E-state index in [2.05, 4.69) is 21.4 Å². The Bertz CT molecular complexity index is 619. The highest BCUT2D eigenvalue weighted by atomic mass is 79.9. The standard InChI is InChI=1S/C14H12BrCl3N2/c15-11-3-1-2-10(14(11)18)13(20-19)6-8-4-5-9(16)7-12(8)17/h1-5,7,13,20H,6,19H2. The molecule has 1 unspecified atom stereocenters. The summed E-state index contributed by atoms with van der Waals surface area (Å²) >= 11 is 21.8. The molecule has 0 aliphatic carbocycles. The number of hydrazine groups is 1. The Morgan fingerprint density at radius 1 is 1.15 bits per heavy atom. The number of nitrogens with two attached hydrogens (primary N) is 1. The van der Waals surface area contributed by atoms with Gasteiger partial charge in [-0.3, -0.25) is 11.3 Å². The number of benzene rings is 2. The van der Waals surface area contributed by atoms with Crippen LogP contribution in [-0.2, 0) is 6.42 Å². The molecule has 0 saturated heterocycles. The Morgan fingerprint density at radius 2 is 1.90 bits per heavy atom. The van der Waals surface area contributed by atoms with E-state index in [1.165, 1.54) is 0 Å². The van der Waals surface area contributed by atoms with Crippen LogP contribution in [-0.4, -0.2) is 0 Å². The lowest BCUT2D eigenvalue weighted by molar-refractivity contribution is 0.552. The van der Waals surface area contributed by atoms with Gasteiger partial charge in [-0.15, -0.1) is 0 Å². The monoisotopic (exact) mass is 392 g/mol. The molecule has 0 aliphatic heterocycles. The fourth-order valence-corrected chi connectivity index (χ4v) is 3.08. The molecule has 2 rings (SSSR count). The normalized spacial score (nSPS) is 12.4. The lowest BCUT2D eigenvalue weighted by Crippen LogP contribution is -2.30. The van der Waals surface area contributed by atoms with Gasteiger partial charge in [-0.05, 0) is 51.7 Å². The highest BCUT2D eigenvalue weighted by Gasteiger charge is 2.17. The topological polar surface area (TPSA) is 38.0 Å². The highest BCUT2D eigenvalue weighted by molar-refractivity contribution is 9.10. The fourth-order valence-electron chi connectivity index (χ4n) is 1.96. The maximum atomic E-state index is 6.30. The van der Waals surface area contributed by atoms with E-state index in [9.17, 15) is 0 Å². The predicted octanol–water partition coefficient (Wildman–Crippen LogP) is 5.16. The first-order chi connectivity index (χ1) is 9.52. The summed E-state index contributed by atoms with van der Waals surface area (Å²) in [4.78, 5) is 0. The van der Waals surface area contributed by atoms with Gasteiger partial charge in [-0.2, -0.15) is 0 Å². The summed E-state index contributed by atoms with van der Waals surface area (Å²) in [5, 5.41) is 1.86. The lowest BCUT2D eigenvalue weighted by atomic mass is 9.99. The second-order valence-electron chi connectivity index (χ2n) is 4.30. The van der Waals surface area contributed by atoms with Crippen molar-refractivity contribution in [3.8, 4) is 0 Å². The Morgan fingerprint density at radius 3 is 2.55 bits per heavy atom. The zero-order valence-electron chi connectivity index (χ0n) is 10.3. The average molecular weight is 395 g/mol. The molecule has 2 aromatic carbocycles. The van der Waals surface area contributed by atoms with Crippen molar-refractivity contribution in [2.24, 2.45) is 5.84 Å². The van der Waals surface area contributed by atoms with E-state index in [1.54, 1.807) is 12.1 Å². The molecule has 0 heterocycles. The molecule has 0 saturated carbocycles. The van der Waals surface area contributed by atoms with Crippen LogP contribution in [0.3, 0.4) is 0 Å². The molecule has 3 N–H and O–H groups in total. The van der Waals surface area contributed by atoms with Crippen molar-refractivity contribution in [1.29, 1.82) is 0 Å². The first kappa shape index (κ1) is 16.1. The smallest absolute Gasteiger partial charge is 0.0596 e. The quantitative estimate of drug-likeness (QED) is 0.555. The molecule has 2 nitrogen and oxygen atoms in total. The van der Waals surface area contributed by atoms with E-state index in [0.717, 1.165) is 15.6 Å². The predicted molar refractivity (Wildman–Crippen MR) is 89.4 cm³/mol. The maximum Gasteiger partial charge on any atom is 0.0596 e. The van der Waals surface area contributed by atoms with Crippen molar-refractivity contribution in [1.82, 2.24) is 5.43 Å². The molecule has 6 heteroatoms. The van der Waals surface area contributed by atoms with Gasteiger partial charge < -0.3 is 0 Å².